The third kappa shape index (κ3) is 2.20. The van der Waals surface area contributed by atoms with Gasteiger partial charge in [0.15, 0.2) is 5.65 Å². The van der Waals surface area contributed by atoms with E-state index in [2.05, 4.69) is 21.2 Å². The van der Waals surface area contributed by atoms with E-state index in [4.69, 9.17) is 0 Å². The van der Waals surface area contributed by atoms with E-state index in [0.29, 0.717) is 0 Å². The molecule has 6 heteroatoms. The van der Waals surface area contributed by atoms with Crippen molar-refractivity contribution < 1.29 is 5.11 Å². The molecular formula is C16H21N5O. The Hall–Kier alpha value is -2.21. The molecule has 3 rings (SSSR count). The lowest BCUT2D eigenvalue weighted by Crippen LogP contribution is -2.05. The summed E-state index contributed by atoms with van der Waals surface area (Å²) in [5.41, 5.74) is 5.69. The molecule has 3 aromatic rings. The Bertz CT molecular complexity index is 846. The Kier molecular flexibility index (Phi) is 3.48. The molecule has 0 aliphatic carbocycles. The number of aliphatic hydroxyl groups excluding tert-OH is 1. The number of pyridine rings is 1. The van der Waals surface area contributed by atoms with E-state index in [1.165, 1.54) is 0 Å². The molecule has 0 aromatic carbocycles. The number of hydrogen-bond donors (Lipinski definition) is 1. The van der Waals surface area contributed by atoms with E-state index in [9.17, 15) is 5.11 Å². The molecule has 0 amide bonds. The highest BCUT2D eigenvalue weighted by molar-refractivity contribution is 5.77. The average molecular weight is 299 g/mol. The first-order valence-corrected chi connectivity index (χ1v) is 7.40. The molecule has 0 radical (unpaired) electrons. The number of aliphatic hydroxyl groups is 1. The Morgan fingerprint density at radius 1 is 1.18 bits per heavy atom. The Labute approximate surface area is 129 Å². The second-order valence-corrected chi connectivity index (χ2v) is 5.89. The maximum Gasteiger partial charge on any atom is 0.181 e. The summed E-state index contributed by atoms with van der Waals surface area (Å²) in [7, 11) is 1.89. The maximum absolute atomic E-state index is 9.46. The Balaban J connectivity index is 2.21. The lowest BCUT2D eigenvalue weighted by atomic mass is 10.0. The van der Waals surface area contributed by atoms with E-state index in [1.807, 2.05) is 45.6 Å². The first kappa shape index (κ1) is 14.7. The van der Waals surface area contributed by atoms with Gasteiger partial charge in [-0.25, -0.2) is 9.67 Å². The predicted molar refractivity (Wildman–Crippen MR) is 85.3 cm³/mol. The molecular weight excluding hydrogens is 278 g/mol. The molecule has 0 spiro atoms. The fourth-order valence-corrected chi connectivity index (χ4v) is 3.06. The van der Waals surface area contributed by atoms with Gasteiger partial charge in [0.2, 0.25) is 0 Å². The van der Waals surface area contributed by atoms with Crippen LogP contribution in [0.3, 0.4) is 0 Å². The average Bonchev–Trinajstić information content (AvgIpc) is 2.96. The molecule has 116 valence electrons. The zero-order chi connectivity index (χ0) is 16.0. The van der Waals surface area contributed by atoms with Crippen molar-refractivity contribution in [2.24, 2.45) is 7.05 Å². The molecule has 3 aromatic heterocycles. The van der Waals surface area contributed by atoms with Crippen LogP contribution in [0.25, 0.3) is 16.7 Å². The molecule has 0 bridgehead atoms. The van der Waals surface area contributed by atoms with Crippen LogP contribution in [0.15, 0.2) is 12.3 Å². The van der Waals surface area contributed by atoms with Crippen molar-refractivity contribution >= 4 is 11.0 Å². The highest BCUT2D eigenvalue weighted by Crippen LogP contribution is 2.27. The molecule has 0 fully saturated rings. The van der Waals surface area contributed by atoms with Crippen LogP contribution in [0.4, 0.5) is 0 Å². The van der Waals surface area contributed by atoms with Crippen molar-refractivity contribution in [1.82, 2.24) is 24.5 Å². The highest BCUT2D eigenvalue weighted by Gasteiger charge is 2.19. The van der Waals surface area contributed by atoms with Crippen molar-refractivity contribution in [3.8, 4) is 5.69 Å². The van der Waals surface area contributed by atoms with Crippen LogP contribution in [-0.4, -0.2) is 36.3 Å². The van der Waals surface area contributed by atoms with Crippen molar-refractivity contribution in [2.45, 2.75) is 33.6 Å². The van der Waals surface area contributed by atoms with Crippen molar-refractivity contribution in [3.63, 3.8) is 0 Å². The first-order chi connectivity index (χ1) is 10.4. The zero-order valence-electron chi connectivity index (χ0n) is 13.6. The van der Waals surface area contributed by atoms with E-state index in [-0.39, 0.29) is 12.5 Å². The molecule has 3 heterocycles. The summed E-state index contributed by atoms with van der Waals surface area (Å²) in [6, 6.07) is 2.07. The fraction of sp³-hybridized carbons (Fsp3) is 0.438. The van der Waals surface area contributed by atoms with E-state index in [1.54, 1.807) is 4.68 Å². The molecule has 1 atom stereocenters. The van der Waals surface area contributed by atoms with E-state index >= 15 is 0 Å². The summed E-state index contributed by atoms with van der Waals surface area (Å²) in [4.78, 5) is 4.58. The highest BCUT2D eigenvalue weighted by atomic mass is 16.3. The summed E-state index contributed by atoms with van der Waals surface area (Å²) < 4.78 is 3.69. The van der Waals surface area contributed by atoms with Crippen LogP contribution in [0.1, 0.15) is 35.5 Å². The van der Waals surface area contributed by atoms with Gasteiger partial charge in [0.25, 0.3) is 0 Å². The molecule has 0 saturated carbocycles. The van der Waals surface area contributed by atoms with Crippen LogP contribution < -0.4 is 0 Å². The lowest BCUT2D eigenvalue weighted by molar-refractivity contribution is 0.272. The number of rotatable bonds is 3. The minimum absolute atomic E-state index is 0.0733. The van der Waals surface area contributed by atoms with Gasteiger partial charge in [-0.2, -0.15) is 10.2 Å². The first-order valence-electron chi connectivity index (χ1n) is 7.40. The number of nitrogens with zero attached hydrogens (tertiary/aromatic N) is 5. The zero-order valence-corrected chi connectivity index (χ0v) is 13.6. The van der Waals surface area contributed by atoms with Crippen molar-refractivity contribution in [2.75, 3.05) is 6.61 Å². The molecule has 0 aliphatic rings. The van der Waals surface area contributed by atoms with Gasteiger partial charge < -0.3 is 5.11 Å². The number of aromatic nitrogens is 5. The van der Waals surface area contributed by atoms with Crippen molar-refractivity contribution in [3.05, 3.63) is 34.9 Å². The van der Waals surface area contributed by atoms with Crippen LogP contribution >= 0.6 is 0 Å². The molecule has 22 heavy (non-hydrogen) atoms. The standard InChI is InChI=1S/C16H21N5O/c1-9(8-22)15-11(3)18-21(12(15)4)14-6-13-7-20(5)19-16(13)17-10(14)2/h6-7,9,22H,8H2,1-5H3. The van der Waals surface area contributed by atoms with Gasteiger partial charge in [-0.05, 0) is 26.8 Å². The molecule has 0 aliphatic heterocycles. The lowest BCUT2D eigenvalue weighted by Gasteiger charge is -2.10. The second kappa shape index (κ2) is 5.21. The van der Waals surface area contributed by atoms with Gasteiger partial charge in [-0.3, -0.25) is 4.68 Å². The monoisotopic (exact) mass is 299 g/mol. The fourth-order valence-electron chi connectivity index (χ4n) is 3.06. The maximum atomic E-state index is 9.46. The normalized spacial score (nSPS) is 13.0. The van der Waals surface area contributed by atoms with Crippen LogP contribution in [0, 0.1) is 20.8 Å². The van der Waals surface area contributed by atoms with Gasteiger partial charge in [-0.15, -0.1) is 0 Å². The predicted octanol–water partition coefficient (Wildman–Crippen LogP) is 2.18. The largest absolute Gasteiger partial charge is 0.396 e. The minimum atomic E-state index is 0.0733. The van der Waals surface area contributed by atoms with E-state index in [0.717, 1.165) is 39.4 Å². The summed E-state index contributed by atoms with van der Waals surface area (Å²) in [6.45, 7) is 8.11. The Morgan fingerprint density at radius 2 is 1.91 bits per heavy atom. The smallest absolute Gasteiger partial charge is 0.181 e. The van der Waals surface area contributed by atoms with Gasteiger partial charge >= 0.3 is 0 Å². The van der Waals surface area contributed by atoms with E-state index < -0.39 is 0 Å². The number of hydrogen-bond acceptors (Lipinski definition) is 4. The molecule has 0 saturated heterocycles. The Morgan fingerprint density at radius 3 is 2.59 bits per heavy atom. The number of aryl methyl sites for hydroxylation is 3. The summed E-state index contributed by atoms with van der Waals surface area (Å²) in [6.07, 6.45) is 1.95. The molecule has 1 N–H and O–H groups in total. The van der Waals surface area contributed by atoms with Gasteiger partial charge in [0.1, 0.15) is 0 Å². The quantitative estimate of drug-likeness (QED) is 0.805. The topological polar surface area (TPSA) is 68.8 Å². The third-order valence-corrected chi connectivity index (χ3v) is 4.12. The summed E-state index contributed by atoms with van der Waals surface area (Å²) >= 11 is 0. The van der Waals surface area contributed by atoms with Gasteiger partial charge in [-0.1, -0.05) is 6.92 Å². The molecule has 1 unspecified atom stereocenters. The van der Waals surface area contributed by atoms with Crippen LogP contribution in [-0.2, 0) is 7.05 Å². The molecule has 6 nitrogen and oxygen atoms in total. The third-order valence-electron chi connectivity index (χ3n) is 4.12. The summed E-state index contributed by atoms with van der Waals surface area (Å²) in [5.74, 6) is 0.0733. The van der Waals surface area contributed by atoms with Gasteiger partial charge in [0, 0.05) is 42.4 Å². The van der Waals surface area contributed by atoms with Crippen LogP contribution in [0.5, 0.6) is 0 Å². The van der Waals surface area contributed by atoms with Gasteiger partial charge in [0.05, 0.1) is 17.1 Å². The SMILES string of the molecule is Cc1nc2nn(C)cc2cc1-n1nc(C)c(C(C)CO)c1C. The van der Waals surface area contributed by atoms with Crippen molar-refractivity contribution in [1.29, 1.82) is 0 Å². The number of fused-ring (bicyclic) bond motifs is 1. The summed E-state index contributed by atoms with van der Waals surface area (Å²) in [5, 5.41) is 19.4. The minimum Gasteiger partial charge on any atom is -0.396 e. The van der Waals surface area contributed by atoms with Crippen LogP contribution in [0.2, 0.25) is 0 Å². The second-order valence-electron chi connectivity index (χ2n) is 5.89.